The van der Waals surface area contributed by atoms with E-state index in [0.29, 0.717) is 6.42 Å². The Morgan fingerprint density at radius 1 is 1.35 bits per heavy atom. The molecule has 0 saturated carbocycles. The van der Waals surface area contributed by atoms with Gasteiger partial charge in [-0.15, -0.1) is 0 Å². The molecule has 3 heteroatoms. The summed E-state index contributed by atoms with van der Waals surface area (Å²) in [6.45, 7) is 5.44. The maximum Gasteiger partial charge on any atom is 0.221 e. The van der Waals surface area contributed by atoms with Crippen LogP contribution in [-0.4, -0.2) is 5.91 Å². The van der Waals surface area contributed by atoms with Crippen molar-refractivity contribution in [3.63, 3.8) is 0 Å². The lowest BCUT2D eigenvalue weighted by Crippen LogP contribution is -2.05. The minimum Gasteiger partial charge on any atom is -0.326 e. The molecule has 3 nitrogen and oxygen atoms in total. The van der Waals surface area contributed by atoms with Crippen LogP contribution in [0.4, 0.5) is 5.69 Å². The zero-order valence-electron chi connectivity index (χ0n) is 10.4. The van der Waals surface area contributed by atoms with E-state index in [1.54, 1.807) is 0 Å². The Labute approximate surface area is 102 Å². The van der Waals surface area contributed by atoms with E-state index in [9.17, 15) is 4.79 Å². The molecule has 1 amide bonds. The highest BCUT2D eigenvalue weighted by Gasteiger charge is 2.05. The average Bonchev–Trinajstić information content (AvgIpc) is 2.24. The standard InChI is InChI=1S/C14H16N2O/c1-10(2)14(7-8-15)12-5-4-6-13(9-12)16-11(3)17/h4-6,9H,7H2,1-3H3,(H,16,17). The van der Waals surface area contributed by atoms with Gasteiger partial charge in [-0.3, -0.25) is 4.79 Å². The maximum absolute atomic E-state index is 11.0. The van der Waals surface area contributed by atoms with Crippen LogP contribution in [0.3, 0.4) is 0 Å². The first-order valence-electron chi connectivity index (χ1n) is 5.46. The second-order valence-corrected chi connectivity index (χ2v) is 4.08. The van der Waals surface area contributed by atoms with Crippen LogP contribution in [0.1, 0.15) is 32.8 Å². The highest BCUT2D eigenvalue weighted by atomic mass is 16.1. The molecule has 17 heavy (non-hydrogen) atoms. The number of anilines is 1. The van der Waals surface area contributed by atoms with Crippen LogP contribution in [0, 0.1) is 11.3 Å². The third-order valence-corrected chi connectivity index (χ3v) is 2.39. The van der Waals surface area contributed by atoms with Gasteiger partial charge in [0.05, 0.1) is 12.5 Å². The van der Waals surface area contributed by atoms with Gasteiger partial charge in [0.15, 0.2) is 0 Å². The molecule has 0 unspecified atom stereocenters. The van der Waals surface area contributed by atoms with E-state index >= 15 is 0 Å². The molecule has 0 atom stereocenters. The number of hydrogen-bond acceptors (Lipinski definition) is 2. The van der Waals surface area contributed by atoms with E-state index in [-0.39, 0.29) is 5.91 Å². The summed E-state index contributed by atoms with van der Waals surface area (Å²) in [7, 11) is 0. The molecule has 0 aliphatic carbocycles. The lowest BCUT2D eigenvalue weighted by Gasteiger charge is -2.09. The van der Waals surface area contributed by atoms with Gasteiger partial charge in [-0.25, -0.2) is 0 Å². The van der Waals surface area contributed by atoms with Gasteiger partial charge in [0.1, 0.15) is 0 Å². The van der Waals surface area contributed by atoms with Crippen LogP contribution in [0.5, 0.6) is 0 Å². The molecule has 1 aromatic carbocycles. The largest absolute Gasteiger partial charge is 0.326 e. The van der Waals surface area contributed by atoms with Crippen LogP contribution in [0.2, 0.25) is 0 Å². The van der Waals surface area contributed by atoms with E-state index in [4.69, 9.17) is 5.26 Å². The molecule has 1 rings (SSSR count). The number of carbonyl (C=O) groups excluding carboxylic acids is 1. The summed E-state index contributed by atoms with van der Waals surface area (Å²) in [6.07, 6.45) is 0.381. The SMILES string of the molecule is CC(=O)Nc1cccc(C(CC#N)=C(C)C)c1. The van der Waals surface area contributed by atoms with Gasteiger partial charge in [0, 0.05) is 12.6 Å². The Kier molecular flexibility index (Phi) is 4.47. The maximum atomic E-state index is 11.0. The lowest BCUT2D eigenvalue weighted by molar-refractivity contribution is -0.114. The fraction of sp³-hybridized carbons (Fsp3) is 0.286. The molecule has 0 fully saturated rings. The molecule has 0 aliphatic heterocycles. The van der Waals surface area contributed by atoms with E-state index < -0.39 is 0 Å². The minimum atomic E-state index is -0.0961. The third-order valence-electron chi connectivity index (χ3n) is 2.39. The number of nitriles is 1. The first-order chi connectivity index (χ1) is 8.04. The van der Waals surface area contributed by atoms with Crippen molar-refractivity contribution in [3.8, 4) is 6.07 Å². The van der Waals surface area contributed by atoms with Gasteiger partial charge in [-0.05, 0) is 37.1 Å². The number of allylic oxidation sites excluding steroid dienone is 2. The van der Waals surface area contributed by atoms with Crippen molar-refractivity contribution in [3.05, 3.63) is 35.4 Å². The first kappa shape index (κ1) is 13.0. The van der Waals surface area contributed by atoms with E-state index in [1.807, 2.05) is 38.1 Å². The summed E-state index contributed by atoms with van der Waals surface area (Å²) in [5, 5.41) is 11.5. The van der Waals surface area contributed by atoms with Crippen LogP contribution in [0.15, 0.2) is 29.8 Å². The quantitative estimate of drug-likeness (QED) is 0.862. The summed E-state index contributed by atoms with van der Waals surface area (Å²) >= 11 is 0. The summed E-state index contributed by atoms with van der Waals surface area (Å²) < 4.78 is 0. The van der Waals surface area contributed by atoms with E-state index in [0.717, 1.165) is 22.4 Å². The van der Waals surface area contributed by atoms with Crippen molar-refractivity contribution in [2.24, 2.45) is 0 Å². The highest BCUT2D eigenvalue weighted by Crippen LogP contribution is 2.24. The Balaban J connectivity index is 3.10. The molecule has 0 saturated heterocycles. The summed E-state index contributed by atoms with van der Waals surface area (Å²) in [4.78, 5) is 11.0. The lowest BCUT2D eigenvalue weighted by atomic mass is 9.98. The van der Waals surface area contributed by atoms with E-state index in [1.165, 1.54) is 6.92 Å². The normalized spacial score (nSPS) is 9.29. The summed E-state index contributed by atoms with van der Waals surface area (Å²) in [5.41, 5.74) is 3.87. The Morgan fingerprint density at radius 2 is 2.06 bits per heavy atom. The van der Waals surface area contributed by atoms with Gasteiger partial charge in [-0.2, -0.15) is 5.26 Å². The average molecular weight is 228 g/mol. The van der Waals surface area contributed by atoms with Crippen molar-refractivity contribution in [1.82, 2.24) is 0 Å². The molecule has 1 N–H and O–H groups in total. The molecular formula is C14H16N2O. The van der Waals surface area contributed by atoms with Crippen LogP contribution in [-0.2, 0) is 4.79 Å². The van der Waals surface area contributed by atoms with Crippen LogP contribution >= 0.6 is 0 Å². The molecule has 88 valence electrons. The number of carbonyl (C=O) groups is 1. The Morgan fingerprint density at radius 3 is 2.59 bits per heavy atom. The number of benzene rings is 1. The Bertz CT molecular complexity index is 491. The van der Waals surface area contributed by atoms with Crippen molar-refractivity contribution >= 4 is 17.2 Å². The van der Waals surface area contributed by atoms with Gasteiger partial charge in [0.25, 0.3) is 0 Å². The fourth-order valence-corrected chi connectivity index (χ4v) is 1.63. The predicted molar refractivity (Wildman–Crippen MR) is 69.2 cm³/mol. The van der Waals surface area contributed by atoms with Crippen molar-refractivity contribution in [2.75, 3.05) is 5.32 Å². The molecule has 1 aromatic rings. The van der Waals surface area contributed by atoms with Crippen molar-refractivity contribution < 1.29 is 4.79 Å². The number of hydrogen-bond donors (Lipinski definition) is 1. The second kappa shape index (κ2) is 5.86. The molecular weight excluding hydrogens is 212 g/mol. The number of amides is 1. The van der Waals surface area contributed by atoms with Gasteiger partial charge in [-0.1, -0.05) is 17.7 Å². The topological polar surface area (TPSA) is 52.9 Å². The smallest absolute Gasteiger partial charge is 0.221 e. The van der Waals surface area contributed by atoms with Gasteiger partial charge < -0.3 is 5.32 Å². The number of nitrogens with zero attached hydrogens (tertiary/aromatic N) is 1. The van der Waals surface area contributed by atoms with Gasteiger partial charge in [0.2, 0.25) is 5.91 Å². The minimum absolute atomic E-state index is 0.0961. The zero-order valence-corrected chi connectivity index (χ0v) is 10.4. The molecule has 0 spiro atoms. The highest BCUT2D eigenvalue weighted by molar-refractivity contribution is 5.89. The molecule has 0 bridgehead atoms. The van der Waals surface area contributed by atoms with E-state index in [2.05, 4.69) is 11.4 Å². The molecule has 0 heterocycles. The van der Waals surface area contributed by atoms with Crippen LogP contribution in [0.25, 0.3) is 5.57 Å². The first-order valence-corrected chi connectivity index (χ1v) is 5.46. The fourth-order valence-electron chi connectivity index (χ4n) is 1.63. The Hall–Kier alpha value is -2.08. The summed E-state index contributed by atoms with van der Waals surface area (Å²) in [5.74, 6) is -0.0961. The third kappa shape index (κ3) is 3.76. The van der Waals surface area contributed by atoms with Crippen molar-refractivity contribution in [2.45, 2.75) is 27.2 Å². The predicted octanol–water partition coefficient (Wildman–Crippen LogP) is 3.35. The molecule has 0 aromatic heterocycles. The number of nitrogens with one attached hydrogen (secondary N) is 1. The number of rotatable bonds is 3. The molecule has 0 radical (unpaired) electrons. The zero-order chi connectivity index (χ0) is 12.8. The second-order valence-electron chi connectivity index (χ2n) is 4.08. The van der Waals surface area contributed by atoms with Crippen molar-refractivity contribution in [1.29, 1.82) is 5.26 Å². The molecule has 0 aliphatic rings. The monoisotopic (exact) mass is 228 g/mol. The van der Waals surface area contributed by atoms with Crippen LogP contribution < -0.4 is 5.32 Å². The summed E-state index contributed by atoms with van der Waals surface area (Å²) in [6, 6.07) is 9.71. The van der Waals surface area contributed by atoms with Gasteiger partial charge >= 0.3 is 0 Å².